The summed E-state index contributed by atoms with van der Waals surface area (Å²) < 4.78 is 25.3. The van der Waals surface area contributed by atoms with Crippen molar-refractivity contribution in [3.8, 4) is 0 Å². The van der Waals surface area contributed by atoms with E-state index in [1.54, 1.807) is 24.3 Å². The Morgan fingerprint density at radius 3 is 2.35 bits per heavy atom. The largest absolute Gasteiger partial charge is 0.326 e. The van der Waals surface area contributed by atoms with Gasteiger partial charge in [0, 0.05) is 6.54 Å². The molecular weight excluding hydrogens is 282 g/mol. The molecule has 0 radical (unpaired) electrons. The number of hydrogen-bond donors (Lipinski definition) is 2. The number of nitrogens with two attached hydrogens (primary N) is 1. The molecule has 108 valence electrons. The zero-order chi connectivity index (χ0) is 14.8. The molecule has 2 rings (SSSR count). The molecule has 1 aromatic carbocycles. The Labute approximate surface area is 116 Å². The molecular formula is C12H15N3O4S. The van der Waals surface area contributed by atoms with E-state index in [1.165, 1.54) is 0 Å². The Hall–Kier alpha value is -1.77. The highest BCUT2D eigenvalue weighted by Gasteiger charge is 2.31. The number of nitrogens with zero attached hydrogens (tertiary/aromatic N) is 1. The Balaban J connectivity index is 2.18. The molecule has 20 heavy (non-hydrogen) atoms. The van der Waals surface area contributed by atoms with E-state index in [4.69, 9.17) is 5.73 Å². The standard InChI is InChI=1S/C12H15N3O4S/c13-5-9-2-1-3-10(4-9)8-20(18,19)15-6-11(16)14-12(17)7-15/h1-4H,5-8,13H2,(H,14,16,17). The lowest BCUT2D eigenvalue weighted by Crippen LogP contribution is -2.53. The van der Waals surface area contributed by atoms with Gasteiger partial charge >= 0.3 is 0 Å². The van der Waals surface area contributed by atoms with Crippen LogP contribution in [0.15, 0.2) is 24.3 Å². The van der Waals surface area contributed by atoms with Gasteiger partial charge in [0.15, 0.2) is 0 Å². The minimum atomic E-state index is -3.72. The summed E-state index contributed by atoms with van der Waals surface area (Å²) in [5.74, 6) is -1.48. The Kier molecular flexibility index (Phi) is 4.17. The number of rotatable bonds is 4. The normalized spacial score (nSPS) is 17.1. The van der Waals surface area contributed by atoms with Crippen molar-refractivity contribution in [3.63, 3.8) is 0 Å². The summed E-state index contributed by atoms with van der Waals surface area (Å²) in [4.78, 5) is 22.5. The summed E-state index contributed by atoms with van der Waals surface area (Å²) in [6.45, 7) is -0.339. The molecule has 0 spiro atoms. The minimum Gasteiger partial charge on any atom is -0.326 e. The lowest BCUT2D eigenvalue weighted by atomic mass is 10.1. The molecule has 0 aromatic heterocycles. The van der Waals surface area contributed by atoms with E-state index in [2.05, 4.69) is 5.32 Å². The van der Waals surface area contributed by atoms with E-state index in [9.17, 15) is 18.0 Å². The molecule has 0 saturated carbocycles. The van der Waals surface area contributed by atoms with Crippen molar-refractivity contribution in [3.05, 3.63) is 35.4 Å². The third-order valence-electron chi connectivity index (χ3n) is 2.89. The molecule has 1 aliphatic heterocycles. The molecule has 7 nitrogen and oxygen atoms in total. The number of amides is 2. The molecule has 0 atom stereocenters. The van der Waals surface area contributed by atoms with Gasteiger partial charge in [-0.1, -0.05) is 24.3 Å². The summed E-state index contributed by atoms with van der Waals surface area (Å²) in [7, 11) is -3.72. The maximum absolute atomic E-state index is 12.2. The first-order valence-electron chi connectivity index (χ1n) is 5.99. The number of hydrogen-bond acceptors (Lipinski definition) is 5. The first kappa shape index (κ1) is 14.6. The number of piperazine rings is 1. The summed E-state index contributed by atoms with van der Waals surface area (Å²) in [5, 5.41) is 2.06. The second kappa shape index (κ2) is 5.70. The van der Waals surface area contributed by atoms with Gasteiger partial charge in [0.05, 0.1) is 18.8 Å². The second-order valence-corrected chi connectivity index (χ2v) is 6.49. The Bertz CT molecular complexity index is 626. The fourth-order valence-corrected chi connectivity index (χ4v) is 3.37. The highest BCUT2D eigenvalue weighted by Crippen LogP contribution is 2.13. The lowest BCUT2D eigenvalue weighted by Gasteiger charge is -2.24. The monoisotopic (exact) mass is 297 g/mol. The highest BCUT2D eigenvalue weighted by molar-refractivity contribution is 7.88. The molecule has 1 aliphatic rings. The van der Waals surface area contributed by atoms with Crippen LogP contribution in [0.3, 0.4) is 0 Å². The predicted molar refractivity (Wildman–Crippen MR) is 71.7 cm³/mol. The maximum atomic E-state index is 12.2. The van der Waals surface area contributed by atoms with Crippen molar-refractivity contribution in [1.82, 2.24) is 9.62 Å². The zero-order valence-corrected chi connectivity index (χ0v) is 11.5. The van der Waals surface area contributed by atoms with Crippen LogP contribution in [0.4, 0.5) is 0 Å². The van der Waals surface area contributed by atoms with Crippen molar-refractivity contribution in [1.29, 1.82) is 0 Å². The van der Waals surface area contributed by atoms with Crippen LogP contribution in [0.5, 0.6) is 0 Å². The van der Waals surface area contributed by atoms with Crippen molar-refractivity contribution in [2.24, 2.45) is 5.73 Å². The third kappa shape index (κ3) is 3.41. The second-order valence-electron chi connectivity index (χ2n) is 4.52. The number of nitrogens with one attached hydrogen (secondary N) is 1. The Morgan fingerprint density at radius 2 is 1.75 bits per heavy atom. The van der Waals surface area contributed by atoms with Gasteiger partial charge in [0.1, 0.15) is 0 Å². The van der Waals surface area contributed by atoms with Crippen LogP contribution in [0.1, 0.15) is 11.1 Å². The highest BCUT2D eigenvalue weighted by atomic mass is 32.2. The van der Waals surface area contributed by atoms with Gasteiger partial charge in [-0.3, -0.25) is 14.9 Å². The molecule has 1 heterocycles. The van der Waals surface area contributed by atoms with Crippen molar-refractivity contribution < 1.29 is 18.0 Å². The van der Waals surface area contributed by atoms with Crippen LogP contribution < -0.4 is 11.1 Å². The number of carbonyl (C=O) groups excluding carboxylic acids is 2. The maximum Gasteiger partial charge on any atom is 0.241 e. The molecule has 1 aromatic rings. The van der Waals surface area contributed by atoms with Crippen LogP contribution in [0.2, 0.25) is 0 Å². The van der Waals surface area contributed by atoms with Gasteiger partial charge in [-0.05, 0) is 11.1 Å². The number of carbonyl (C=O) groups is 2. The van der Waals surface area contributed by atoms with E-state index >= 15 is 0 Å². The Morgan fingerprint density at radius 1 is 1.15 bits per heavy atom. The minimum absolute atomic E-state index is 0.262. The predicted octanol–water partition coefficient (Wildman–Crippen LogP) is -1.07. The lowest BCUT2D eigenvalue weighted by molar-refractivity contribution is -0.134. The zero-order valence-electron chi connectivity index (χ0n) is 10.7. The van der Waals surface area contributed by atoms with Gasteiger partial charge in [-0.25, -0.2) is 8.42 Å². The van der Waals surface area contributed by atoms with E-state index in [0.29, 0.717) is 12.1 Å². The molecule has 0 bridgehead atoms. The molecule has 3 N–H and O–H groups in total. The van der Waals surface area contributed by atoms with E-state index in [-0.39, 0.29) is 18.8 Å². The fourth-order valence-electron chi connectivity index (χ4n) is 1.96. The number of benzene rings is 1. The molecule has 1 saturated heterocycles. The summed E-state index contributed by atoms with van der Waals surface area (Å²) in [5.41, 5.74) is 6.90. The molecule has 8 heteroatoms. The van der Waals surface area contributed by atoms with Crippen molar-refractivity contribution in [2.45, 2.75) is 12.3 Å². The van der Waals surface area contributed by atoms with Gasteiger partial charge in [0.25, 0.3) is 0 Å². The van der Waals surface area contributed by atoms with Gasteiger partial charge in [0.2, 0.25) is 21.8 Å². The first-order valence-corrected chi connectivity index (χ1v) is 7.60. The van der Waals surface area contributed by atoms with E-state index < -0.39 is 21.8 Å². The summed E-state index contributed by atoms with van der Waals surface area (Å²) >= 11 is 0. The SMILES string of the molecule is NCc1cccc(CS(=O)(=O)N2CC(=O)NC(=O)C2)c1. The van der Waals surface area contributed by atoms with Crippen LogP contribution >= 0.6 is 0 Å². The first-order chi connectivity index (χ1) is 9.40. The van der Waals surface area contributed by atoms with Crippen LogP contribution in [-0.4, -0.2) is 37.6 Å². The number of sulfonamides is 1. The van der Waals surface area contributed by atoms with Crippen LogP contribution in [0.25, 0.3) is 0 Å². The van der Waals surface area contributed by atoms with E-state index in [0.717, 1.165) is 9.87 Å². The molecule has 1 fully saturated rings. The quantitative estimate of drug-likeness (QED) is 0.688. The topological polar surface area (TPSA) is 110 Å². The summed E-state index contributed by atoms with van der Waals surface area (Å²) in [6.07, 6.45) is 0. The number of imide groups is 1. The van der Waals surface area contributed by atoms with E-state index in [1.807, 2.05) is 0 Å². The van der Waals surface area contributed by atoms with Crippen LogP contribution in [-0.2, 0) is 31.9 Å². The van der Waals surface area contributed by atoms with Gasteiger partial charge in [-0.15, -0.1) is 0 Å². The molecule has 0 unspecified atom stereocenters. The fraction of sp³-hybridized carbons (Fsp3) is 0.333. The molecule has 0 aliphatic carbocycles. The van der Waals surface area contributed by atoms with Crippen molar-refractivity contribution >= 4 is 21.8 Å². The average Bonchev–Trinajstić information content (AvgIpc) is 2.37. The van der Waals surface area contributed by atoms with Gasteiger partial charge in [-0.2, -0.15) is 4.31 Å². The van der Waals surface area contributed by atoms with Gasteiger partial charge < -0.3 is 5.73 Å². The van der Waals surface area contributed by atoms with Crippen molar-refractivity contribution in [2.75, 3.05) is 13.1 Å². The molecule has 2 amide bonds. The third-order valence-corrected chi connectivity index (χ3v) is 4.63. The average molecular weight is 297 g/mol. The smallest absolute Gasteiger partial charge is 0.241 e. The summed E-state index contributed by atoms with van der Waals surface area (Å²) in [6, 6.07) is 6.89. The van der Waals surface area contributed by atoms with Crippen LogP contribution in [0, 0.1) is 0 Å².